The maximum absolute atomic E-state index is 12.1. The van der Waals surface area contributed by atoms with Crippen molar-refractivity contribution >= 4 is 11.8 Å². The van der Waals surface area contributed by atoms with Crippen LogP contribution in [-0.2, 0) is 0 Å². The Balaban J connectivity index is 1.28. The summed E-state index contributed by atoms with van der Waals surface area (Å²) >= 11 is 0. The number of urea groups is 1. The summed E-state index contributed by atoms with van der Waals surface area (Å²) in [5.74, 6) is 1.03. The maximum atomic E-state index is 12.1. The van der Waals surface area contributed by atoms with E-state index in [2.05, 4.69) is 32.3 Å². The van der Waals surface area contributed by atoms with Crippen LogP contribution in [0, 0.1) is 0 Å². The highest BCUT2D eigenvalue weighted by atomic mass is 16.2. The van der Waals surface area contributed by atoms with Crippen molar-refractivity contribution < 1.29 is 4.79 Å². The number of nitrogens with one attached hydrogen (secondary N) is 2. The molecule has 1 unspecified atom stereocenters. The highest BCUT2D eigenvalue weighted by Gasteiger charge is 2.21. The zero-order chi connectivity index (χ0) is 18.2. The molecule has 2 amide bonds. The molecule has 3 rings (SSSR count). The summed E-state index contributed by atoms with van der Waals surface area (Å²) < 4.78 is 0. The van der Waals surface area contributed by atoms with E-state index in [4.69, 9.17) is 0 Å². The SMILES string of the molecule is CC1CCCCN1CCCNC(=O)NC1CCN(c2ccccn2)CC1. The molecule has 26 heavy (non-hydrogen) atoms. The van der Waals surface area contributed by atoms with E-state index in [1.165, 1.54) is 25.8 Å². The first kappa shape index (κ1) is 19.0. The van der Waals surface area contributed by atoms with Crippen LogP contribution in [-0.4, -0.2) is 60.7 Å². The Kier molecular flexibility index (Phi) is 7.12. The lowest BCUT2D eigenvalue weighted by atomic mass is 10.0. The van der Waals surface area contributed by atoms with Crippen molar-refractivity contribution in [1.29, 1.82) is 0 Å². The topological polar surface area (TPSA) is 60.5 Å². The Morgan fingerprint density at radius 1 is 1.19 bits per heavy atom. The third-order valence-corrected chi connectivity index (χ3v) is 5.65. The van der Waals surface area contributed by atoms with Crippen molar-refractivity contribution in [3.8, 4) is 0 Å². The minimum absolute atomic E-state index is 0.0204. The smallest absolute Gasteiger partial charge is 0.315 e. The van der Waals surface area contributed by atoms with E-state index in [-0.39, 0.29) is 12.1 Å². The van der Waals surface area contributed by atoms with Gasteiger partial charge in [-0.25, -0.2) is 9.78 Å². The van der Waals surface area contributed by atoms with Crippen LogP contribution in [0.15, 0.2) is 24.4 Å². The van der Waals surface area contributed by atoms with Gasteiger partial charge in [0.15, 0.2) is 0 Å². The number of aromatic nitrogens is 1. The van der Waals surface area contributed by atoms with Crippen molar-refractivity contribution in [2.75, 3.05) is 37.6 Å². The minimum atomic E-state index is -0.0204. The van der Waals surface area contributed by atoms with Gasteiger partial charge in [0.25, 0.3) is 0 Å². The molecular weight excluding hydrogens is 326 g/mol. The van der Waals surface area contributed by atoms with Crippen LogP contribution in [0.2, 0.25) is 0 Å². The van der Waals surface area contributed by atoms with E-state index >= 15 is 0 Å². The minimum Gasteiger partial charge on any atom is -0.356 e. The molecule has 2 aliphatic rings. The summed E-state index contributed by atoms with van der Waals surface area (Å²) in [4.78, 5) is 21.4. The second-order valence-electron chi connectivity index (χ2n) is 7.58. The molecule has 2 aliphatic heterocycles. The molecular formula is C20H33N5O. The van der Waals surface area contributed by atoms with E-state index in [0.29, 0.717) is 6.04 Å². The van der Waals surface area contributed by atoms with Gasteiger partial charge in [0.1, 0.15) is 5.82 Å². The van der Waals surface area contributed by atoms with Crippen LogP contribution in [0.1, 0.15) is 45.4 Å². The molecule has 0 aromatic carbocycles. The van der Waals surface area contributed by atoms with Gasteiger partial charge in [-0.15, -0.1) is 0 Å². The van der Waals surface area contributed by atoms with Gasteiger partial charge in [0.2, 0.25) is 0 Å². The van der Waals surface area contributed by atoms with Gasteiger partial charge < -0.3 is 20.4 Å². The number of amides is 2. The number of hydrogen-bond donors (Lipinski definition) is 2. The molecule has 6 heteroatoms. The number of hydrogen-bond acceptors (Lipinski definition) is 4. The quantitative estimate of drug-likeness (QED) is 0.767. The van der Waals surface area contributed by atoms with Gasteiger partial charge in [-0.1, -0.05) is 12.5 Å². The molecule has 144 valence electrons. The maximum Gasteiger partial charge on any atom is 0.315 e. The summed E-state index contributed by atoms with van der Waals surface area (Å²) in [6.07, 6.45) is 8.77. The normalized spacial score (nSPS) is 22.2. The van der Waals surface area contributed by atoms with Crippen molar-refractivity contribution in [3.05, 3.63) is 24.4 Å². The lowest BCUT2D eigenvalue weighted by Crippen LogP contribution is -2.48. The lowest BCUT2D eigenvalue weighted by Gasteiger charge is -2.33. The molecule has 0 saturated carbocycles. The molecule has 2 saturated heterocycles. The highest BCUT2D eigenvalue weighted by Crippen LogP contribution is 2.17. The van der Waals surface area contributed by atoms with E-state index in [1.807, 2.05) is 24.4 Å². The van der Waals surface area contributed by atoms with Gasteiger partial charge in [-0.05, 0) is 57.7 Å². The molecule has 1 aromatic rings. The van der Waals surface area contributed by atoms with Crippen LogP contribution >= 0.6 is 0 Å². The molecule has 2 N–H and O–H groups in total. The van der Waals surface area contributed by atoms with Crippen LogP contribution < -0.4 is 15.5 Å². The second-order valence-corrected chi connectivity index (χ2v) is 7.58. The van der Waals surface area contributed by atoms with Gasteiger partial charge in [0, 0.05) is 44.5 Å². The Bertz CT molecular complexity index is 544. The third-order valence-electron chi connectivity index (χ3n) is 5.65. The van der Waals surface area contributed by atoms with Gasteiger partial charge in [0.05, 0.1) is 0 Å². The van der Waals surface area contributed by atoms with Gasteiger partial charge in [-0.2, -0.15) is 0 Å². The Hall–Kier alpha value is -1.82. The van der Waals surface area contributed by atoms with Crippen LogP contribution in [0.3, 0.4) is 0 Å². The number of rotatable bonds is 6. The molecule has 6 nitrogen and oxygen atoms in total. The Morgan fingerprint density at radius 2 is 2.04 bits per heavy atom. The average Bonchev–Trinajstić information content (AvgIpc) is 2.68. The Labute approximate surface area is 157 Å². The zero-order valence-electron chi connectivity index (χ0n) is 16.0. The number of likely N-dealkylation sites (tertiary alicyclic amines) is 1. The fourth-order valence-corrected chi connectivity index (χ4v) is 4.00. The van der Waals surface area contributed by atoms with E-state index < -0.39 is 0 Å². The molecule has 0 bridgehead atoms. The van der Waals surface area contributed by atoms with E-state index in [0.717, 1.165) is 51.3 Å². The van der Waals surface area contributed by atoms with Crippen LogP contribution in [0.25, 0.3) is 0 Å². The molecule has 2 fully saturated rings. The van der Waals surface area contributed by atoms with Gasteiger partial charge in [-0.3, -0.25) is 0 Å². The number of pyridine rings is 1. The van der Waals surface area contributed by atoms with Crippen LogP contribution in [0.5, 0.6) is 0 Å². The fourth-order valence-electron chi connectivity index (χ4n) is 4.00. The summed E-state index contributed by atoms with van der Waals surface area (Å²) in [6, 6.07) is 6.94. The van der Waals surface area contributed by atoms with Crippen molar-refractivity contribution in [1.82, 2.24) is 20.5 Å². The third kappa shape index (κ3) is 5.59. The Morgan fingerprint density at radius 3 is 2.77 bits per heavy atom. The average molecular weight is 360 g/mol. The highest BCUT2D eigenvalue weighted by molar-refractivity contribution is 5.74. The number of carbonyl (C=O) groups is 1. The predicted octanol–water partition coefficient (Wildman–Crippen LogP) is 2.61. The largest absolute Gasteiger partial charge is 0.356 e. The second kappa shape index (κ2) is 9.76. The summed E-state index contributed by atoms with van der Waals surface area (Å²) in [5, 5.41) is 6.15. The molecule has 3 heterocycles. The van der Waals surface area contributed by atoms with Crippen molar-refractivity contribution in [2.24, 2.45) is 0 Å². The number of carbonyl (C=O) groups excluding carboxylic acids is 1. The first-order valence-electron chi connectivity index (χ1n) is 10.2. The van der Waals surface area contributed by atoms with E-state index in [9.17, 15) is 4.79 Å². The predicted molar refractivity (Wildman–Crippen MR) is 106 cm³/mol. The fraction of sp³-hybridized carbons (Fsp3) is 0.700. The van der Waals surface area contributed by atoms with Crippen molar-refractivity contribution in [3.63, 3.8) is 0 Å². The first-order valence-corrected chi connectivity index (χ1v) is 10.2. The summed E-state index contributed by atoms with van der Waals surface area (Å²) in [5.41, 5.74) is 0. The standard InChI is InChI=1S/C20H33N5O/c1-17-7-3-5-13-24(17)14-6-12-22-20(26)23-18-9-15-25(16-10-18)19-8-2-4-11-21-19/h2,4,8,11,17-18H,3,5-7,9-10,12-16H2,1H3,(H2,22,23,26). The molecule has 1 aromatic heterocycles. The molecule has 0 radical (unpaired) electrons. The number of anilines is 1. The zero-order valence-corrected chi connectivity index (χ0v) is 16.0. The molecule has 0 aliphatic carbocycles. The van der Waals surface area contributed by atoms with Gasteiger partial charge >= 0.3 is 6.03 Å². The summed E-state index contributed by atoms with van der Waals surface area (Å²) in [7, 11) is 0. The number of nitrogens with zero attached hydrogens (tertiary/aromatic N) is 3. The van der Waals surface area contributed by atoms with E-state index in [1.54, 1.807) is 0 Å². The summed E-state index contributed by atoms with van der Waals surface area (Å²) in [6.45, 7) is 7.24. The first-order chi connectivity index (χ1) is 12.7. The number of piperidine rings is 2. The lowest BCUT2D eigenvalue weighted by molar-refractivity contribution is 0.159. The monoisotopic (exact) mass is 359 g/mol. The molecule has 0 spiro atoms. The van der Waals surface area contributed by atoms with Crippen molar-refractivity contribution in [2.45, 2.75) is 57.5 Å². The molecule has 1 atom stereocenters. The van der Waals surface area contributed by atoms with Crippen LogP contribution in [0.4, 0.5) is 10.6 Å².